The van der Waals surface area contributed by atoms with Crippen molar-refractivity contribution in [3.8, 4) is 28.3 Å². The quantitative estimate of drug-likeness (QED) is 0.465. The first kappa shape index (κ1) is 19.7. The van der Waals surface area contributed by atoms with Gasteiger partial charge in [-0.15, -0.1) is 5.10 Å². The number of rotatable bonds is 6. The fourth-order valence-electron chi connectivity index (χ4n) is 2.72. The Hall–Kier alpha value is -3.56. The first-order valence-electron chi connectivity index (χ1n) is 8.64. The van der Waals surface area contributed by atoms with Gasteiger partial charge in [0.25, 0.3) is 0 Å². The Morgan fingerprint density at radius 1 is 1.03 bits per heavy atom. The first-order valence-corrected chi connectivity index (χ1v) is 9.40. The van der Waals surface area contributed by atoms with Gasteiger partial charge in [0, 0.05) is 21.8 Å². The molecule has 0 aliphatic heterocycles. The van der Waals surface area contributed by atoms with Gasteiger partial charge in [0.15, 0.2) is 5.82 Å². The summed E-state index contributed by atoms with van der Waals surface area (Å²) in [6.45, 7) is -0.318. The van der Waals surface area contributed by atoms with Crippen molar-refractivity contribution in [1.82, 2.24) is 30.2 Å². The Morgan fingerprint density at radius 2 is 1.70 bits per heavy atom. The Morgan fingerprint density at radius 3 is 2.37 bits per heavy atom. The van der Waals surface area contributed by atoms with E-state index in [0.717, 1.165) is 5.56 Å². The average molecular weight is 442 g/mol. The van der Waals surface area contributed by atoms with E-state index in [9.17, 15) is 4.79 Å². The zero-order valence-corrected chi connectivity index (χ0v) is 16.7. The predicted octanol–water partition coefficient (Wildman–Crippen LogP) is 3.59. The van der Waals surface area contributed by atoms with Crippen LogP contribution in [0.4, 0.5) is 5.95 Å². The lowest BCUT2D eigenvalue weighted by Crippen LogP contribution is -2.14. The normalized spacial score (nSPS) is 10.7. The minimum absolute atomic E-state index is 0.164. The average Bonchev–Trinajstić information content (AvgIpc) is 3.23. The van der Waals surface area contributed by atoms with Crippen molar-refractivity contribution in [2.45, 2.75) is 0 Å². The van der Waals surface area contributed by atoms with Gasteiger partial charge in [0.2, 0.25) is 5.95 Å². The number of tetrazole rings is 1. The number of carboxylic acids is 1. The third-order valence-corrected chi connectivity index (χ3v) is 4.59. The summed E-state index contributed by atoms with van der Waals surface area (Å²) in [5.74, 6) is -0.453. The summed E-state index contributed by atoms with van der Waals surface area (Å²) >= 11 is 12.0. The molecule has 0 aliphatic carbocycles. The summed E-state index contributed by atoms with van der Waals surface area (Å²) in [7, 11) is 0. The molecule has 0 spiro atoms. The highest BCUT2D eigenvalue weighted by molar-refractivity contribution is 6.30. The van der Waals surface area contributed by atoms with E-state index < -0.39 is 5.97 Å². The maximum atomic E-state index is 10.9. The second-order valence-corrected chi connectivity index (χ2v) is 6.97. The molecule has 0 amide bonds. The van der Waals surface area contributed by atoms with Crippen molar-refractivity contribution in [3.05, 3.63) is 64.8 Å². The zero-order chi connectivity index (χ0) is 21.1. The monoisotopic (exact) mass is 441 g/mol. The van der Waals surface area contributed by atoms with Gasteiger partial charge in [-0.1, -0.05) is 35.3 Å². The van der Waals surface area contributed by atoms with Crippen LogP contribution in [0.5, 0.6) is 0 Å². The van der Waals surface area contributed by atoms with Crippen molar-refractivity contribution in [2.24, 2.45) is 0 Å². The van der Waals surface area contributed by atoms with Crippen molar-refractivity contribution in [2.75, 3.05) is 11.9 Å². The molecule has 4 aromatic rings. The number of carbonyl (C=O) groups is 1. The van der Waals surface area contributed by atoms with Gasteiger partial charge in [-0.3, -0.25) is 4.79 Å². The van der Waals surface area contributed by atoms with E-state index in [1.807, 2.05) is 0 Å². The Balaban J connectivity index is 1.84. The Bertz CT molecular complexity index is 1190. The fourth-order valence-corrected chi connectivity index (χ4v) is 2.98. The molecule has 2 aromatic heterocycles. The van der Waals surface area contributed by atoms with Crippen LogP contribution >= 0.6 is 23.2 Å². The fraction of sp³-hybridized carbons (Fsp3) is 0.0526. The molecule has 0 bridgehead atoms. The smallest absolute Gasteiger partial charge is 0.322 e. The third-order valence-electron chi connectivity index (χ3n) is 4.09. The van der Waals surface area contributed by atoms with Gasteiger partial charge < -0.3 is 10.4 Å². The highest BCUT2D eigenvalue weighted by Crippen LogP contribution is 2.31. The van der Waals surface area contributed by atoms with Crippen molar-refractivity contribution in [1.29, 1.82) is 0 Å². The molecule has 150 valence electrons. The minimum atomic E-state index is -1.03. The highest BCUT2D eigenvalue weighted by atomic mass is 35.5. The van der Waals surface area contributed by atoms with E-state index in [2.05, 4.69) is 30.8 Å². The lowest BCUT2D eigenvalue weighted by molar-refractivity contribution is -0.134. The molecule has 0 atom stereocenters. The van der Waals surface area contributed by atoms with Crippen molar-refractivity contribution in [3.63, 3.8) is 0 Å². The van der Waals surface area contributed by atoms with Gasteiger partial charge >= 0.3 is 5.97 Å². The number of aliphatic carboxylic acids is 1. The molecule has 0 fully saturated rings. The predicted molar refractivity (Wildman–Crippen MR) is 112 cm³/mol. The van der Waals surface area contributed by atoms with E-state index in [0.29, 0.717) is 32.8 Å². The maximum absolute atomic E-state index is 10.9. The van der Waals surface area contributed by atoms with Gasteiger partial charge in [-0.05, 0) is 46.8 Å². The molecule has 4 rings (SSSR count). The molecule has 0 radical (unpaired) electrons. The van der Waals surface area contributed by atoms with Gasteiger partial charge in [-0.2, -0.15) is 4.68 Å². The second-order valence-electron chi connectivity index (χ2n) is 6.10. The third kappa shape index (κ3) is 4.22. The molecule has 0 saturated carbocycles. The molecular formula is C19H13Cl2N7O2. The van der Waals surface area contributed by atoms with E-state index in [1.54, 1.807) is 59.4 Å². The van der Waals surface area contributed by atoms with E-state index in [1.165, 1.54) is 0 Å². The lowest BCUT2D eigenvalue weighted by atomic mass is 10.1. The number of benzene rings is 2. The molecule has 0 unspecified atom stereocenters. The summed E-state index contributed by atoms with van der Waals surface area (Å²) in [4.78, 5) is 19.6. The number of halogens is 2. The molecule has 30 heavy (non-hydrogen) atoms. The molecule has 0 aliphatic rings. The van der Waals surface area contributed by atoms with Crippen LogP contribution in [0.3, 0.4) is 0 Å². The summed E-state index contributed by atoms with van der Waals surface area (Å²) in [6, 6.07) is 14.1. The summed E-state index contributed by atoms with van der Waals surface area (Å²) in [5, 5.41) is 24.7. The van der Waals surface area contributed by atoms with E-state index in [4.69, 9.17) is 28.3 Å². The van der Waals surface area contributed by atoms with Crippen LogP contribution in [-0.2, 0) is 4.79 Å². The Kier molecular flexibility index (Phi) is 5.55. The number of hydrogen-bond acceptors (Lipinski definition) is 7. The number of anilines is 1. The Labute approximate surface area is 180 Å². The van der Waals surface area contributed by atoms with Gasteiger partial charge in [0.1, 0.15) is 6.54 Å². The summed E-state index contributed by atoms with van der Waals surface area (Å²) in [5.41, 5.74) is 2.51. The molecule has 9 nitrogen and oxygen atoms in total. The SMILES string of the molecule is O=C(O)CNc1ncc(-c2nnnn2-c2ccc(Cl)cc2)c(-c2ccc(Cl)cc2)n1. The standard InChI is InChI=1S/C19H13Cl2N7O2/c20-12-3-1-11(2-4-12)17-15(9-22-19(24-17)23-10-16(29)30)18-25-26-27-28(18)14-7-5-13(21)6-8-14/h1-9H,10H2,(H,29,30)(H,22,23,24). The number of nitrogens with one attached hydrogen (secondary N) is 1. The topological polar surface area (TPSA) is 119 Å². The van der Waals surface area contributed by atoms with E-state index in [-0.39, 0.29) is 12.5 Å². The van der Waals surface area contributed by atoms with Crippen LogP contribution in [0.25, 0.3) is 28.3 Å². The van der Waals surface area contributed by atoms with Crippen LogP contribution in [0.15, 0.2) is 54.7 Å². The highest BCUT2D eigenvalue weighted by Gasteiger charge is 2.19. The summed E-state index contributed by atoms with van der Waals surface area (Å²) in [6.07, 6.45) is 1.54. The first-order chi connectivity index (χ1) is 14.5. The number of aromatic nitrogens is 6. The molecule has 2 aromatic carbocycles. The zero-order valence-electron chi connectivity index (χ0n) is 15.2. The van der Waals surface area contributed by atoms with Gasteiger partial charge in [0.05, 0.1) is 16.9 Å². The van der Waals surface area contributed by atoms with Crippen LogP contribution in [0, 0.1) is 0 Å². The number of carboxylic acid groups (broad SMARTS) is 1. The van der Waals surface area contributed by atoms with Crippen LogP contribution < -0.4 is 5.32 Å². The second kappa shape index (κ2) is 8.44. The molecular weight excluding hydrogens is 429 g/mol. The van der Waals surface area contributed by atoms with Crippen molar-refractivity contribution < 1.29 is 9.90 Å². The molecule has 0 saturated heterocycles. The van der Waals surface area contributed by atoms with Crippen LogP contribution in [-0.4, -0.2) is 47.8 Å². The molecule has 11 heteroatoms. The number of hydrogen-bond donors (Lipinski definition) is 2. The minimum Gasteiger partial charge on any atom is -0.480 e. The largest absolute Gasteiger partial charge is 0.480 e. The lowest BCUT2D eigenvalue weighted by Gasteiger charge is -2.11. The number of nitrogens with zero attached hydrogens (tertiary/aromatic N) is 6. The summed E-state index contributed by atoms with van der Waals surface area (Å²) < 4.78 is 1.54. The maximum Gasteiger partial charge on any atom is 0.322 e. The molecule has 2 heterocycles. The van der Waals surface area contributed by atoms with Crippen molar-refractivity contribution >= 4 is 35.1 Å². The van der Waals surface area contributed by atoms with E-state index >= 15 is 0 Å². The van der Waals surface area contributed by atoms with Crippen LogP contribution in [0.2, 0.25) is 10.0 Å². The molecule has 2 N–H and O–H groups in total. The van der Waals surface area contributed by atoms with Gasteiger partial charge in [-0.25, -0.2) is 9.97 Å². The van der Waals surface area contributed by atoms with Crippen LogP contribution in [0.1, 0.15) is 0 Å².